The molecule has 5 nitrogen and oxygen atoms in total. The summed E-state index contributed by atoms with van der Waals surface area (Å²) >= 11 is 6.09. The van der Waals surface area contributed by atoms with Gasteiger partial charge in [-0.1, -0.05) is 11.6 Å². The minimum atomic E-state index is -0.387. The van der Waals surface area contributed by atoms with Crippen molar-refractivity contribution in [3.63, 3.8) is 0 Å². The van der Waals surface area contributed by atoms with Crippen LogP contribution in [0, 0.1) is 0 Å². The number of hydrogen-bond donors (Lipinski definition) is 0. The summed E-state index contributed by atoms with van der Waals surface area (Å²) in [4.78, 5) is 20.5. The van der Waals surface area contributed by atoms with Crippen molar-refractivity contribution in [1.29, 1.82) is 0 Å². The average Bonchev–Trinajstić information content (AvgIpc) is 2.91. The second-order valence-corrected chi connectivity index (χ2v) is 4.69. The summed E-state index contributed by atoms with van der Waals surface area (Å²) in [5.41, 5.74) is 2.34. The summed E-state index contributed by atoms with van der Waals surface area (Å²) < 4.78 is 6.80. The van der Waals surface area contributed by atoms with E-state index in [1.165, 1.54) is 0 Å². The van der Waals surface area contributed by atoms with Crippen LogP contribution in [-0.4, -0.2) is 26.9 Å². The zero-order valence-electron chi connectivity index (χ0n) is 11.3. The molecule has 3 heterocycles. The van der Waals surface area contributed by atoms with Crippen molar-refractivity contribution in [2.75, 3.05) is 6.61 Å². The summed E-state index contributed by atoms with van der Waals surface area (Å²) in [6, 6.07) is 7.14. The highest BCUT2D eigenvalue weighted by Gasteiger charge is 2.15. The van der Waals surface area contributed by atoms with Crippen molar-refractivity contribution < 1.29 is 9.53 Å². The van der Waals surface area contributed by atoms with Crippen LogP contribution in [-0.2, 0) is 4.74 Å². The number of rotatable bonds is 3. The van der Waals surface area contributed by atoms with Crippen molar-refractivity contribution in [1.82, 2.24) is 14.4 Å². The minimum Gasteiger partial charge on any atom is -0.462 e. The largest absolute Gasteiger partial charge is 0.462 e. The molecule has 106 valence electrons. The van der Waals surface area contributed by atoms with E-state index in [1.807, 2.05) is 18.3 Å². The Balaban J connectivity index is 2.13. The topological polar surface area (TPSA) is 56.5 Å². The molecule has 0 aliphatic rings. The lowest BCUT2D eigenvalue weighted by Crippen LogP contribution is -2.05. The monoisotopic (exact) mass is 301 g/mol. The number of aromatic nitrogens is 3. The van der Waals surface area contributed by atoms with Crippen LogP contribution in [0.1, 0.15) is 17.3 Å². The smallest absolute Gasteiger partial charge is 0.341 e. The third-order valence-corrected chi connectivity index (χ3v) is 3.34. The van der Waals surface area contributed by atoms with Crippen molar-refractivity contribution in [2.24, 2.45) is 0 Å². The molecule has 0 aliphatic carbocycles. The van der Waals surface area contributed by atoms with Gasteiger partial charge in [0.25, 0.3) is 0 Å². The number of carbonyl (C=O) groups excluding carboxylic acids is 1. The van der Waals surface area contributed by atoms with E-state index in [4.69, 9.17) is 16.3 Å². The number of hydrogen-bond acceptors (Lipinski definition) is 4. The van der Waals surface area contributed by atoms with Gasteiger partial charge in [-0.15, -0.1) is 0 Å². The van der Waals surface area contributed by atoms with Gasteiger partial charge in [-0.05, 0) is 31.2 Å². The summed E-state index contributed by atoms with van der Waals surface area (Å²) in [5, 5.41) is 0.374. The van der Waals surface area contributed by atoms with Crippen LogP contribution in [0.2, 0.25) is 5.15 Å². The van der Waals surface area contributed by atoms with Crippen LogP contribution in [0.5, 0.6) is 0 Å². The Morgan fingerprint density at radius 3 is 2.90 bits per heavy atom. The van der Waals surface area contributed by atoms with Crippen molar-refractivity contribution in [2.45, 2.75) is 6.92 Å². The second-order valence-electron chi connectivity index (χ2n) is 4.34. The predicted molar refractivity (Wildman–Crippen MR) is 79.4 cm³/mol. The van der Waals surface area contributed by atoms with Crippen LogP contribution in [0.15, 0.2) is 42.9 Å². The SMILES string of the molecule is CCOC(=O)c1ccn2ccc(-c3cccnc3Cl)nc12. The molecule has 21 heavy (non-hydrogen) atoms. The maximum Gasteiger partial charge on any atom is 0.341 e. The summed E-state index contributed by atoms with van der Waals surface area (Å²) in [6.07, 6.45) is 5.21. The third kappa shape index (κ3) is 2.48. The standard InChI is InChI=1S/C15H12ClN3O2/c1-2-21-15(20)11-5-8-19-9-6-12(18-14(11)19)10-4-3-7-17-13(10)16/h3-9H,2H2,1H3. The van der Waals surface area contributed by atoms with Gasteiger partial charge in [0.05, 0.1) is 12.3 Å². The Kier molecular flexibility index (Phi) is 3.58. The van der Waals surface area contributed by atoms with Crippen LogP contribution in [0.4, 0.5) is 0 Å². The molecular formula is C15H12ClN3O2. The van der Waals surface area contributed by atoms with Gasteiger partial charge >= 0.3 is 5.97 Å². The third-order valence-electron chi connectivity index (χ3n) is 3.04. The number of esters is 1. The van der Waals surface area contributed by atoms with Crippen LogP contribution >= 0.6 is 11.6 Å². The van der Waals surface area contributed by atoms with Crippen LogP contribution in [0.25, 0.3) is 16.9 Å². The van der Waals surface area contributed by atoms with E-state index in [9.17, 15) is 4.79 Å². The Labute approximate surface area is 126 Å². The number of fused-ring (bicyclic) bond motifs is 1. The Hall–Kier alpha value is -2.40. The van der Waals surface area contributed by atoms with Gasteiger partial charge in [-0.25, -0.2) is 14.8 Å². The first-order valence-electron chi connectivity index (χ1n) is 6.46. The average molecular weight is 302 g/mol. The molecule has 0 atom stereocenters. The summed E-state index contributed by atoms with van der Waals surface area (Å²) in [5.74, 6) is -0.387. The first-order chi connectivity index (χ1) is 10.2. The fourth-order valence-corrected chi connectivity index (χ4v) is 2.29. The van der Waals surface area contributed by atoms with E-state index in [0.717, 1.165) is 5.56 Å². The van der Waals surface area contributed by atoms with E-state index in [0.29, 0.717) is 28.7 Å². The molecule has 3 aromatic rings. The molecule has 3 aromatic heterocycles. The molecule has 0 aromatic carbocycles. The lowest BCUT2D eigenvalue weighted by atomic mass is 10.2. The zero-order chi connectivity index (χ0) is 14.8. The normalized spacial score (nSPS) is 10.8. The number of carbonyl (C=O) groups is 1. The van der Waals surface area contributed by atoms with Crippen molar-refractivity contribution in [3.8, 4) is 11.3 Å². The Morgan fingerprint density at radius 2 is 2.14 bits per heavy atom. The molecule has 0 saturated heterocycles. The molecule has 3 rings (SSSR count). The maximum atomic E-state index is 11.9. The number of ether oxygens (including phenoxy) is 1. The lowest BCUT2D eigenvalue weighted by molar-refractivity contribution is 0.0528. The van der Waals surface area contributed by atoms with Crippen LogP contribution < -0.4 is 0 Å². The Bertz CT molecular complexity index is 814. The fourth-order valence-electron chi connectivity index (χ4n) is 2.07. The van der Waals surface area contributed by atoms with Crippen LogP contribution in [0.3, 0.4) is 0 Å². The number of pyridine rings is 1. The molecule has 0 fully saturated rings. The molecule has 0 unspecified atom stereocenters. The minimum absolute atomic E-state index is 0.324. The predicted octanol–water partition coefficient (Wildman–Crippen LogP) is 3.23. The van der Waals surface area contributed by atoms with Crippen molar-refractivity contribution >= 4 is 23.2 Å². The van der Waals surface area contributed by atoms with E-state index in [-0.39, 0.29) is 5.97 Å². The van der Waals surface area contributed by atoms with E-state index < -0.39 is 0 Å². The molecule has 6 heteroatoms. The summed E-state index contributed by atoms with van der Waals surface area (Å²) in [6.45, 7) is 2.09. The molecule has 0 bridgehead atoms. The van der Waals surface area contributed by atoms with Gasteiger partial charge in [-0.3, -0.25) is 0 Å². The van der Waals surface area contributed by atoms with Crippen molar-refractivity contribution in [3.05, 3.63) is 53.6 Å². The second kappa shape index (κ2) is 5.54. The van der Waals surface area contributed by atoms with Gasteiger partial charge < -0.3 is 9.14 Å². The molecule has 0 aliphatic heterocycles. The number of halogens is 1. The molecule has 0 N–H and O–H groups in total. The summed E-state index contributed by atoms with van der Waals surface area (Å²) in [7, 11) is 0. The fraction of sp³-hybridized carbons (Fsp3) is 0.133. The molecule has 0 radical (unpaired) electrons. The quantitative estimate of drug-likeness (QED) is 0.550. The first kappa shape index (κ1) is 13.6. The van der Waals surface area contributed by atoms with Gasteiger partial charge in [0.15, 0.2) is 5.65 Å². The maximum absolute atomic E-state index is 11.9. The zero-order valence-corrected chi connectivity index (χ0v) is 12.0. The lowest BCUT2D eigenvalue weighted by Gasteiger charge is -2.05. The molecule has 0 spiro atoms. The highest BCUT2D eigenvalue weighted by molar-refractivity contribution is 6.32. The van der Waals surface area contributed by atoms with E-state index in [2.05, 4.69) is 9.97 Å². The van der Waals surface area contributed by atoms with Gasteiger partial charge in [-0.2, -0.15) is 0 Å². The molecule has 0 amide bonds. The van der Waals surface area contributed by atoms with Gasteiger partial charge in [0, 0.05) is 24.2 Å². The highest BCUT2D eigenvalue weighted by atomic mass is 35.5. The van der Waals surface area contributed by atoms with Gasteiger partial charge in [0.1, 0.15) is 10.7 Å². The molecule has 0 saturated carbocycles. The highest BCUT2D eigenvalue weighted by Crippen LogP contribution is 2.25. The Morgan fingerprint density at radius 1 is 1.33 bits per heavy atom. The van der Waals surface area contributed by atoms with Gasteiger partial charge in [0.2, 0.25) is 0 Å². The van der Waals surface area contributed by atoms with E-state index >= 15 is 0 Å². The first-order valence-corrected chi connectivity index (χ1v) is 6.84. The van der Waals surface area contributed by atoms with E-state index in [1.54, 1.807) is 35.9 Å². The molecular weight excluding hydrogens is 290 g/mol. The number of nitrogens with zero attached hydrogens (tertiary/aromatic N) is 3.